The molecule has 5 rings (SSSR count). The maximum atomic E-state index is 12.4. The third kappa shape index (κ3) is 2.57. The Balaban J connectivity index is 1.45. The molecule has 2 amide bonds. The van der Waals surface area contributed by atoms with Crippen LogP contribution in [0.1, 0.15) is 12.8 Å². The predicted molar refractivity (Wildman–Crippen MR) is 85.9 cm³/mol. The Bertz CT molecular complexity index is 666. The fourth-order valence-electron chi connectivity index (χ4n) is 3.10. The lowest BCUT2D eigenvalue weighted by Crippen LogP contribution is -2.63. The van der Waals surface area contributed by atoms with Gasteiger partial charge >= 0.3 is 6.03 Å². The molecular weight excluding hydrogens is 298 g/mol. The summed E-state index contributed by atoms with van der Waals surface area (Å²) < 4.78 is 4.32. The highest BCUT2D eigenvalue weighted by molar-refractivity contribution is 7.10. The van der Waals surface area contributed by atoms with E-state index in [1.54, 1.807) is 0 Å². The molecule has 3 saturated heterocycles. The Labute approximate surface area is 132 Å². The predicted octanol–water partition coefficient (Wildman–Crippen LogP) is 2.17. The maximum Gasteiger partial charge on any atom is 0.324 e. The zero-order valence-corrected chi connectivity index (χ0v) is 12.8. The number of piperidine rings is 2. The molecule has 22 heavy (non-hydrogen) atoms. The Morgan fingerprint density at radius 3 is 2.86 bits per heavy atom. The van der Waals surface area contributed by atoms with E-state index in [9.17, 15) is 4.79 Å². The molecule has 0 saturated carbocycles. The smallest absolute Gasteiger partial charge is 0.319 e. The third-order valence-corrected chi connectivity index (χ3v) is 4.91. The summed E-state index contributed by atoms with van der Waals surface area (Å²) in [6.45, 7) is 1.67. The SMILES string of the molecule is O=C(Nc1nc(-c2ccccc2)ns1)N1CC2CCC1CN2. The van der Waals surface area contributed by atoms with Gasteiger partial charge in [-0.1, -0.05) is 30.3 Å². The number of hydrogen-bond donors (Lipinski definition) is 2. The van der Waals surface area contributed by atoms with E-state index in [-0.39, 0.29) is 6.03 Å². The molecule has 0 radical (unpaired) electrons. The monoisotopic (exact) mass is 315 g/mol. The number of urea groups is 1. The molecule has 2 unspecified atom stereocenters. The molecule has 3 aliphatic heterocycles. The molecule has 2 aromatic rings. The number of hydrogen-bond acceptors (Lipinski definition) is 5. The van der Waals surface area contributed by atoms with Crippen molar-refractivity contribution < 1.29 is 4.79 Å². The first kappa shape index (κ1) is 13.7. The van der Waals surface area contributed by atoms with Gasteiger partial charge in [-0.3, -0.25) is 5.32 Å². The lowest BCUT2D eigenvalue weighted by atomic mass is 9.93. The van der Waals surface area contributed by atoms with Crippen LogP contribution in [0.25, 0.3) is 11.4 Å². The van der Waals surface area contributed by atoms with Crippen LogP contribution in [0.3, 0.4) is 0 Å². The molecular formula is C15H17N5OS. The van der Waals surface area contributed by atoms with Gasteiger partial charge in [-0.15, -0.1) is 0 Å². The third-order valence-electron chi connectivity index (χ3n) is 4.28. The molecule has 2 N–H and O–H groups in total. The van der Waals surface area contributed by atoms with Crippen molar-refractivity contribution in [3.8, 4) is 11.4 Å². The first-order chi connectivity index (χ1) is 10.8. The number of nitrogens with zero attached hydrogens (tertiary/aromatic N) is 3. The van der Waals surface area contributed by atoms with E-state index in [2.05, 4.69) is 20.0 Å². The lowest BCUT2D eigenvalue weighted by Gasteiger charge is -2.45. The number of aromatic nitrogens is 2. The van der Waals surface area contributed by atoms with E-state index in [1.165, 1.54) is 11.5 Å². The normalized spacial score (nSPS) is 23.5. The molecule has 0 spiro atoms. The number of amides is 2. The average molecular weight is 315 g/mol. The van der Waals surface area contributed by atoms with Gasteiger partial charge in [-0.2, -0.15) is 9.36 Å². The average Bonchev–Trinajstić information content (AvgIpc) is 3.05. The molecule has 2 bridgehead atoms. The number of carbonyl (C=O) groups excluding carboxylic acids is 1. The van der Waals surface area contributed by atoms with Crippen LogP contribution < -0.4 is 10.6 Å². The summed E-state index contributed by atoms with van der Waals surface area (Å²) in [6, 6.07) is 10.4. The van der Waals surface area contributed by atoms with E-state index in [0.29, 0.717) is 23.0 Å². The summed E-state index contributed by atoms with van der Waals surface area (Å²) in [6.07, 6.45) is 2.24. The Morgan fingerprint density at radius 1 is 1.32 bits per heavy atom. The minimum absolute atomic E-state index is 0.0630. The number of piperazine rings is 1. The molecule has 0 aliphatic carbocycles. The topological polar surface area (TPSA) is 70.2 Å². The first-order valence-corrected chi connectivity index (χ1v) is 8.27. The Kier molecular flexibility index (Phi) is 3.51. The van der Waals surface area contributed by atoms with Crippen LogP contribution in [0.2, 0.25) is 0 Å². The summed E-state index contributed by atoms with van der Waals surface area (Å²) in [5.41, 5.74) is 0.959. The second-order valence-electron chi connectivity index (χ2n) is 5.71. The summed E-state index contributed by atoms with van der Waals surface area (Å²) >= 11 is 1.22. The minimum atomic E-state index is -0.0630. The number of anilines is 1. The molecule has 4 heterocycles. The highest BCUT2D eigenvalue weighted by Gasteiger charge is 2.36. The minimum Gasteiger partial charge on any atom is -0.319 e. The summed E-state index contributed by atoms with van der Waals surface area (Å²) in [4.78, 5) is 18.8. The molecule has 2 atom stereocenters. The number of carbonyl (C=O) groups is 1. The van der Waals surface area contributed by atoms with Gasteiger partial charge in [0.25, 0.3) is 0 Å². The van der Waals surface area contributed by atoms with Crippen LogP contribution >= 0.6 is 11.5 Å². The van der Waals surface area contributed by atoms with Crippen molar-refractivity contribution in [2.75, 3.05) is 18.4 Å². The fraction of sp³-hybridized carbons (Fsp3) is 0.400. The van der Waals surface area contributed by atoms with Gasteiger partial charge in [0, 0.05) is 42.3 Å². The molecule has 3 fully saturated rings. The Morgan fingerprint density at radius 2 is 2.18 bits per heavy atom. The van der Waals surface area contributed by atoms with Crippen molar-refractivity contribution in [1.29, 1.82) is 0 Å². The van der Waals surface area contributed by atoms with Crippen LogP contribution in [0.5, 0.6) is 0 Å². The van der Waals surface area contributed by atoms with E-state index in [1.807, 2.05) is 35.2 Å². The van der Waals surface area contributed by atoms with Gasteiger partial charge in [-0.05, 0) is 12.8 Å². The van der Waals surface area contributed by atoms with Gasteiger partial charge in [0.2, 0.25) is 5.13 Å². The van der Waals surface area contributed by atoms with Crippen molar-refractivity contribution in [2.45, 2.75) is 24.9 Å². The van der Waals surface area contributed by atoms with E-state index in [0.717, 1.165) is 31.5 Å². The summed E-state index contributed by atoms with van der Waals surface area (Å²) in [5.74, 6) is 0.655. The highest BCUT2D eigenvalue weighted by Crippen LogP contribution is 2.24. The van der Waals surface area contributed by atoms with Gasteiger partial charge < -0.3 is 10.2 Å². The van der Waals surface area contributed by atoms with Crippen molar-refractivity contribution in [3.63, 3.8) is 0 Å². The van der Waals surface area contributed by atoms with Crippen molar-refractivity contribution in [1.82, 2.24) is 19.6 Å². The largest absolute Gasteiger partial charge is 0.324 e. The van der Waals surface area contributed by atoms with Crippen LogP contribution in [-0.2, 0) is 0 Å². The second kappa shape index (κ2) is 5.66. The fourth-order valence-corrected chi connectivity index (χ4v) is 3.68. The molecule has 1 aromatic carbocycles. The highest BCUT2D eigenvalue weighted by atomic mass is 32.1. The second-order valence-corrected chi connectivity index (χ2v) is 6.46. The molecule has 3 aliphatic rings. The number of benzene rings is 1. The summed E-state index contributed by atoms with van der Waals surface area (Å²) in [7, 11) is 0. The Hall–Kier alpha value is -1.99. The van der Waals surface area contributed by atoms with Gasteiger partial charge in [0.05, 0.1) is 0 Å². The van der Waals surface area contributed by atoms with Gasteiger partial charge in [0.1, 0.15) is 0 Å². The molecule has 6 nitrogen and oxygen atoms in total. The molecule has 7 heteroatoms. The standard InChI is InChI=1S/C15H17N5OS/c21-15(20-9-11-6-7-12(20)8-16-11)18-14-17-13(19-22-14)10-4-2-1-3-5-10/h1-5,11-12,16H,6-9H2,(H,17,18,19,21). The van der Waals surface area contributed by atoms with E-state index >= 15 is 0 Å². The van der Waals surface area contributed by atoms with Crippen LogP contribution in [0.15, 0.2) is 30.3 Å². The van der Waals surface area contributed by atoms with Gasteiger partial charge in [0.15, 0.2) is 5.82 Å². The van der Waals surface area contributed by atoms with Gasteiger partial charge in [-0.25, -0.2) is 4.79 Å². The molecule has 1 aromatic heterocycles. The maximum absolute atomic E-state index is 12.4. The zero-order valence-electron chi connectivity index (χ0n) is 12.0. The number of fused-ring (bicyclic) bond motifs is 3. The van der Waals surface area contributed by atoms with Crippen LogP contribution in [0, 0.1) is 0 Å². The number of nitrogens with one attached hydrogen (secondary N) is 2. The summed E-state index contributed by atoms with van der Waals surface area (Å²) in [5, 5.41) is 6.89. The zero-order chi connectivity index (χ0) is 14.9. The number of rotatable bonds is 2. The van der Waals surface area contributed by atoms with Crippen LogP contribution in [-0.4, -0.2) is 45.5 Å². The van der Waals surface area contributed by atoms with E-state index in [4.69, 9.17) is 0 Å². The van der Waals surface area contributed by atoms with Crippen molar-refractivity contribution in [2.24, 2.45) is 0 Å². The molecule has 114 valence electrons. The van der Waals surface area contributed by atoms with Crippen molar-refractivity contribution >= 4 is 22.7 Å². The van der Waals surface area contributed by atoms with Crippen molar-refractivity contribution in [3.05, 3.63) is 30.3 Å². The van der Waals surface area contributed by atoms with E-state index < -0.39 is 0 Å². The van der Waals surface area contributed by atoms with Crippen LogP contribution in [0.4, 0.5) is 9.93 Å². The first-order valence-electron chi connectivity index (χ1n) is 7.50. The quantitative estimate of drug-likeness (QED) is 0.891. The lowest BCUT2D eigenvalue weighted by molar-refractivity contribution is 0.106.